The first-order valence-corrected chi connectivity index (χ1v) is 4.93. The van der Waals surface area contributed by atoms with E-state index in [1.165, 1.54) is 0 Å². The summed E-state index contributed by atoms with van der Waals surface area (Å²) in [5.74, 6) is 0. The second-order valence-corrected chi connectivity index (χ2v) is 4.02. The standard InChI is InChI=1S/C9H8BBrO3/c1-5-2-8-6(3-7(5)11)4-9(14-8)10(12)13/h2-4,12-13H,1H3. The van der Waals surface area contributed by atoms with Crippen LogP contribution in [-0.2, 0) is 0 Å². The number of halogens is 1. The van der Waals surface area contributed by atoms with E-state index in [2.05, 4.69) is 15.9 Å². The summed E-state index contributed by atoms with van der Waals surface area (Å²) in [5, 5.41) is 18.7. The molecule has 0 bridgehead atoms. The maximum absolute atomic E-state index is 8.91. The molecule has 1 aromatic heterocycles. The van der Waals surface area contributed by atoms with E-state index in [0.29, 0.717) is 5.58 Å². The van der Waals surface area contributed by atoms with E-state index in [-0.39, 0.29) is 5.66 Å². The number of hydrogen-bond acceptors (Lipinski definition) is 3. The van der Waals surface area contributed by atoms with Gasteiger partial charge < -0.3 is 14.5 Å². The summed E-state index contributed by atoms with van der Waals surface area (Å²) in [7, 11) is -1.55. The molecule has 5 heteroatoms. The lowest BCUT2D eigenvalue weighted by molar-refractivity contribution is 0.412. The van der Waals surface area contributed by atoms with E-state index in [1.807, 2.05) is 19.1 Å². The van der Waals surface area contributed by atoms with Gasteiger partial charge in [0.05, 0.1) is 0 Å². The number of benzene rings is 1. The van der Waals surface area contributed by atoms with Crippen molar-refractivity contribution in [2.75, 3.05) is 0 Å². The summed E-state index contributed by atoms with van der Waals surface area (Å²) >= 11 is 3.40. The number of fused-ring (bicyclic) bond motifs is 1. The minimum Gasteiger partial charge on any atom is -0.465 e. The Morgan fingerprint density at radius 2 is 2.00 bits per heavy atom. The molecule has 0 amide bonds. The second kappa shape index (κ2) is 3.42. The smallest absolute Gasteiger partial charge is 0.465 e. The van der Waals surface area contributed by atoms with Crippen molar-refractivity contribution in [1.82, 2.24) is 0 Å². The Morgan fingerprint density at radius 1 is 1.29 bits per heavy atom. The van der Waals surface area contributed by atoms with Crippen molar-refractivity contribution in [3.63, 3.8) is 0 Å². The molecular formula is C9H8BBrO3. The molecule has 0 unspecified atom stereocenters. The van der Waals surface area contributed by atoms with Crippen molar-refractivity contribution < 1.29 is 14.5 Å². The molecule has 2 aromatic rings. The van der Waals surface area contributed by atoms with Crippen molar-refractivity contribution in [3.8, 4) is 0 Å². The van der Waals surface area contributed by atoms with Gasteiger partial charge in [-0.2, -0.15) is 0 Å². The molecule has 0 aliphatic rings. The molecule has 2 rings (SSSR count). The number of aryl methyl sites for hydroxylation is 1. The quantitative estimate of drug-likeness (QED) is 0.752. The Morgan fingerprint density at radius 3 is 2.64 bits per heavy atom. The van der Waals surface area contributed by atoms with Crippen molar-refractivity contribution in [3.05, 3.63) is 28.2 Å². The van der Waals surface area contributed by atoms with E-state index in [4.69, 9.17) is 14.5 Å². The summed E-state index contributed by atoms with van der Waals surface area (Å²) in [6.07, 6.45) is 0. The first-order valence-electron chi connectivity index (χ1n) is 4.13. The molecule has 1 heterocycles. The van der Waals surface area contributed by atoms with Crippen molar-refractivity contribution in [1.29, 1.82) is 0 Å². The molecular weight excluding hydrogens is 247 g/mol. The number of hydrogen-bond donors (Lipinski definition) is 2. The largest absolute Gasteiger partial charge is 0.526 e. The Kier molecular flexibility index (Phi) is 2.39. The lowest BCUT2D eigenvalue weighted by Gasteiger charge is -1.95. The van der Waals surface area contributed by atoms with Crippen LogP contribution in [-0.4, -0.2) is 17.2 Å². The maximum Gasteiger partial charge on any atom is 0.526 e. The highest BCUT2D eigenvalue weighted by atomic mass is 79.9. The van der Waals surface area contributed by atoms with Gasteiger partial charge in [0.2, 0.25) is 0 Å². The van der Waals surface area contributed by atoms with E-state index < -0.39 is 7.12 Å². The van der Waals surface area contributed by atoms with Crippen LogP contribution >= 0.6 is 15.9 Å². The van der Waals surface area contributed by atoms with Gasteiger partial charge >= 0.3 is 7.12 Å². The van der Waals surface area contributed by atoms with Crippen molar-refractivity contribution in [2.45, 2.75) is 6.92 Å². The van der Waals surface area contributed by atoms with Gasteiger partial charge in [0.1, 0.15) is 11.2 Å². The van der Waals surface area contributed by atoms with Gasteiger partial charge in [-0.25, -0.2) is 0 Å². The minimum atomic E-state index is -1.55. The number of furan rings is 1. The predicted molar refractivity (Wildman–Crippen MR) is 58.5 cm³/mol. The van der Waals surface area contributed by atoms with Crippen molar-refractivity contribution in [2.24, 2.45) is 0 Å². The Balaban J connectivity index is 2.66. The molecule has 0 spiro atoms. The van der Waals surface area contributed by atoms with Crippen LogP contribution in [0.1, 0.15) is 5.56 Å². The predicted octanol–water partition coefficient (Wildman–Crippen LogP) is 1.18. The van der Waals surface area contributed by atoms with Gasteiger partial charge in [-0.15, -0.1) is 0 Å². The normalized spacial score (nSPS) is 10.9. The minimum absolute atomic E-state index is 0.164. The number of rotatable bonds is 1. The highest BCUT2D eigenvalue weighted by Gasteiger charge is 2.17. The van der Waals surface area contributed by atoms with E-state index in [9.17, 15) is 0 Å². The monoisotopic (exact) mass is 254 g/mol. The summed E-state index contributed by atoms with van der Waals surface area (Å²) in [6, 6.07) is 5.36. The Labute approximate surface area is 89.6 Å². The lowest BCUT2D eigenvalue weighted by atomic mass is 9.88. The van der Waals surface area contributed by atoms with Crippen LogP contribution in [0.4, 0.5) is 0 Å². The van der Waals surface area contributed by atoms with Crippen LogP contribution < -0.4 is 5.66 Å². The third kappa shape index (κ3) is 1.58. The summed E-state index contributed by atoms with van der Waals surface area (Å²) in [6.45, 7) is 1.95. The second-order valence-electron chi connectivity index (χ2n) is 3.16. The van der Waals surface area contributed by atoms with Crippen LogP contribution in [0.5, 0.6) is 0 Å². The average molecular weight is 255 g/mol. The van der Waals surface area contributed by atoms with E-state index in [0.717, 1.165) is 15.4 Å². The third-order valence-corrected chi connectivity index (χ3v) is 2.93. The zero-order valence-electron chi connectivity index (χ0n) is 7.49. The third-order valence-electron chi connectivity index (χ3n) is 2.07. The summed E-state index contributed by atoms with van der Waals surface area (Å²) in [4.78, 5) is 0. The van der Waals surface area contributed by atoms with Crippen LogP contribution in [0.25, 0.3) is 11.0 Å². The van der Waals surface area contributed by atoms with E-state index in [1.54, 1.807) is 6.07 Å². The zero-order valence-corrected chi connectivity index (χ0v) is 9.08. The van der Waals surface area contributed by atoms with Gasteiger partial charge in [-0.05, 0) is 30.7 Å². The first-order chi connectivity index (χ1) is 6.58. The fourth-order valence-electron chi connectivity index (χ4n) is 1.31. The molecule has 0 radical (unpaired) electrons. The molecule has 14 heavy (non-hydrogen) atoms. The summed E-state index contributed by atoms with van der Waals surface area (Å²) < 4.78 is 6.22. The van der Waals surface area contributed by atoms with Gasteiger partial charge in [0, 0.05) is 9.86 Å². The molecule has 0 saturated heterocycles. The zero-order chi connectivity index (χ0) is 10.3. The maximum atomic E-state index is 8.91. The van der Waals surface area contributed by atoms with Gasteiger partial charge in [0.15, 0.2) is 0 Å². The topological polar surface area (TPSA) is 53.6 Å². The van der Waals surface area contributed by atoms with Crippen molar-refractivity contribution >= 4 is 39.7 Å². The fraction of sp³-hybridized carbons (Fsp3) is 0.111. The van der Waals surface area contributed by atoms with Crippen LogP contribution in [0.2, 0.25) is 0 Å². The van der Waals surface area contributed by atoms with Crippen LogP contribution in [0.3, 0.4) is 0 Å². The van der Waals surface area contributed by atoms with Gasteiger partial charge in [-0.3, -0.25) is 0 Å². The molecule has 72 valence electrons. The average Bonchev–Trinajstić information content (AvgIpc) is 2.48. The molecule has 1 aromatic carbocycles. The Bertz CT molecular complexity index is 439. The van der Waals surface area contributed by atoms with Gasteiger partial charge in [0.25, 0.3) is 0 Å². The van der Waals surface area contributed by atoms with E-state index >= 15 is 0 Å². The summed E-state index contributed by atoms with van der Waals surface area (Å²) in [5.41, 5.74) is 1.87. The lowest BCUT2D eigenvalue weighted by Crippen LogP contribution is -2.27. The fourth-order valence-corrected chi connectivity index (χ4v) is 1.67. The van der Waals surface area contributed by atoms with Crippen LogP contribution in [0.15, 0.2) is 27.1 Å². The molecule has 0 fully saturated rings. The highest BCUT2D eigenvalue weighted by molar-refractivity contribution is 9.10. The molecule has 2 N–H and O–H groups in total. The van der Waals surface area contributed by atoms with Crippen LogP contribution in [0, 0.1) is 6.92 Å². The molecule has 0 aliphatic heterocycles. The SMILES string of the molecule is Cc1cc2oc(B(O)O)cc2cc1Br. The van der Waals surface area contributed by atoms with Gasteiger partial charge in [-0.1, -0.05) is 15.9 Å². The molecule has 3 nitrogen and oxygen atoms in total. The molecule has 0 aliphatic carbocycles. The highest BCUT2D eigenvalue weighted by Crippen LogP contribution is 2.23. The first kappa shape index (κ1) is 9.77. The molecule has 0 saturated carbocycles. The molecule has 0 atom stereocenters. The Hall–Kier alpha value is -0.775.